The standard InChI is InChI=1S/C14H19NO2/c1-4-17-13(16)14(15)8-12(14)11-7-9(2)5-6-10(11)3/h5-7,12H,4,8,15H2,1-3H3. The summed E-state index contributed by atoms with van der Waals surface area (Å²) in [5.41, 5.74) is 8.87. The van der Waals surface area contributed by atoms with Crippen LogP contribution in [0.5, 0.6) is 0 Å². The van der Waals surface area contributed by atoms with Crippen LogP contribution in [0.2, 0.25) is 0 Å². The van der Waals surface area contributed by atoms with Gasteiger partial charge in [0, 0.05) is 5.92 Å². The zero-order chi connectivity index (χ0) is 12.6. The number of carbonyl (C=O) groups excluding carboxylic acids is 1. The van der Waals surface area contributed by atoms with Gasteiger partial charge in [-0.05, 0) is 38.3 Å². The van der Waals surface area contributed by atoms with Crippen molar-refractivity contribution in [2.75, 3.05) is 6.61 Å². The topological polar surface area (TPSA) is 52.3 Å². The molecule has 1 aromatic carbocycles. The summed E-state index contributed by atoms with van der Waals surface area (Å²) in [6.07, 6.45) is 0.691. The highest BCUT2D eigenvalue weighted by Crippen LogP contribution is 2.51. The van der Waals surface area contributed by atoms with E-state index in [-0.39, 0.29) is 11.9 Å². The van der Waals surface area contributed by atoms with Gasteiger partial charge in [0.25, 0.3) is 0 Å². The van der Waals surface area contributed by atoms with Gasteiger partial charge in [0.2, 0.25) is 0 Å². The molecular weight excluding hydrogens is 214 g/mol. The van der Waals surface area contributed by atoms with Crippen LogP contribution >= 0.6 is 0 Å². The second-order valence-corrected chi connectivity index (χ2v) is 4.88. The normalized spacial score (nSPS) is 26.7. The highest BCUT2D eigenvalue weighted by Gasteiger charge is 2.59. The molecule has 0 aliphatic heterocycles. The first-order valence-electron chi connectivity index (χ1n) is 6.02. The molecule has 17 heavy (non-hydrogen) atoms. The average Bonchev–Trinajstić information content (AvgIpc) is 2.96. The van der Waals surface area contributed by atoms with Crippen molar-refractivity contribution in [2.45, 2.75) is 38.6 Å². The number of benzene rings is 1. The first kappa shape index (κ1) is 12.1. The number of hydrogen-bond donors (Lipinski definition) is 1. The SMILES string of the molecule is CCOC(=O)C1(N)CC1c1cc(C)ccc1C. The predicted molar refractivity (Wildman–Crippen MR) is 66.8 cm³/mol. The Morgan fingerprint density at radius 1 is 1.53 bits per heavy atom. The van der Waals surface area contributed by atoms with E-state index < -0.39 is 5.54 Å². The Morgan fingerprint density at radius 3 is 2.88 bits per heavy atom. The lowest BCUT2D eigenvalue weighted by atomic mass is 9.99. The number of aryl methyl sites for hydroxylation is 2. The number of esters is 1. The molecule has 1 saturated carbocycles. The second-order valence-electron chi connectivity index (χ2n) is 4.88. The Balaban J connectivity index is 2.22. The van der Waals surface area contributed by atoms with Crippen molar-refractivity contribution in [2.24, 2.45) is 5.73 Å². The van der Waals surface area contributed by atoms with Crippen LogP contribution in [0.25, 0.3) is 0 Å². The van der Waals surface area contributed by atoms with Crippen LogP contribution in [-0.4, -0.2) is 18.1 Å². The van der Waals surface area contributed by atoms with Gasteiger partial charge in [0.1, 0.15) is 5.54 Å². The molecule has 0 amide bonds. The van der Waals surface area contributed by atoms with E-state index in [4.69, 9.17) is 10.5 Å². The molecule has 1 fully saturated rings. The van der Waals surface area contributed by atoms with Crippen LogP contribution < -0.4 is 5.73 Å². The molecule has 0 radical (unpaired) electrons. The molecule has 1 aliphatic rings. The fourth-order valence-corrected chi connectivity index (χ4v) is 2.29. The van der Waals surface area contributed by atoms with E-state index >= 15 is 0 Å². The lowest BCUT2D eigenvalue weighted by Gasteiger charge is -2.12. The Kier molecular flexibility index (Phi) is 2.96. The summed E-state index contributed by atoms with van der Waals surface area (Å²) < 4.78 is 5.03. The van der Waals surface area contributed by atoms with Crippen molar-refractivity contribution >= 4 is 5.97 Å². The third-order valence-corrected chi connectivity index (χ3v) is 3.47. The van der Waals surface area contributed by atoms with Crippen LogP contribution in [0.15, 0.2) is 18.2 Å². The molecule has 1 aliphatic carbocycles. The minimum atomic E-state index is -0.797. The zero-order valence-electron chi connectivity index (χ0n) is 10.6. The molecule has 2 rings (SSSR count). The summed E-state index contributed by atoms with van der Waals surface area (Å²) in [5.74, 6) is -0.160. The number of carbonyl (C=O) groups is 1. The van der Waals surface area contributed by atoms with Gasteiger partial charge in [-0.25, -0.2) is 0 Å². The quantitative estimate of drug-likeness (QED) is 0.813. The van der Waals surface area contributed by atoms with Gasteiger partial charge < -0.3 is 10.5 Å². The molecule has 0 spiro atoms. The van der Waals surface area contributed by atoms with E-state index in [0.717, 1.165) is 0 Å². The van der Waals surface area contributed by atoms with Gasteiger partial charge in [-0.15, -0.1) is 0 Å². The highest BCUT2D eigenvalue weighted by molar-refractivity contribution is 5.86. The fraction of sp³-hybridized carbons (Fsp3) is 0.500. The Hall–Kier alpha value is -1.35. The van der Waals surface area contributed by atoms with Crippen LogP contribution in [-0.2, 0) is 9.53 Å². The molecule has 2 unspecified atom stereocenters. The van der Waals surface area contributed by atoms with Crippen molar-refractivity contribution in [3.63, 3.8) is 0 Å². The Labute approximate surface area is 102 Å². The number of nitrogens with two attached hydrogens (primary N) is 1. The third-order valence-electron chi connectivity index (χ3n) is 3.47. The molecule has 2 N–H and O–H groups in total. The lowest BCUT2D eigenvalue weighted by molar-refractivity contribution is -0.145. The molecule has 2 atom stereocenters. The first-order chi connectivity index (χ1) is 7.99. The van der Waals surface area contributed by atoms with Gasteiger partial charge in [0.15, 0.2) is 0 Å². The van der Waals surface area contributed by atoms with E-state index in [0.29, 0.717) is 13.0 Å². The van der Waals surface area contributed by atoms with Gasteiger partial charge in [-0.1, -0.05) is 23.8 Å². The molecule has 92 valence electrons. The molecule has 0 bridgehead atoms. The van der Waals surface area contributed by atoms with E-state index in [1.165, 1.54) is 16.7 Å². The molecular formula is C14H19NO2. The number of hydrogen-bond acceptors (Lipinski definition) is 3. The molecule has 0 aromatic heterocycles. The average molecular weight is 233 g/mol. The third kappa shape index (κ3) is 2.07. The smallest absolute Gasteiger partial charge is 0.326 e. The molecule has 3 nitrogen and oxygen atoms in total. The van der Waals surface area contributed by atoms with E-state index in [2.05, 4.69) is 25.1 Å². The summed E-state index contributed by atoms with van der Waals surface area (Å²) in [6.45, 7) is 6.29. The number of ether oxygens (including phenoxy) is 1. The van der Waals surface area contributed by atoms with Crippen LogP contribution in [0, 0.1) is 13.8 Å². The molecule has 1 aromatic rings. The van der Waals surface area contributed by atoms with E-state index in [1.807, 2.05) is 6.92 Å². The Bertz CT molecular complexity index is 456. The monoisotopic (exact) mass is 233 g/mol. The maximum absolute atomic E-state index is 11.8. The largest absolute Gasteiger partial charge is 0.465 e. The minimum Gasteiger partial charge on any atom is -0.465 e. The van der Waals surface area contributed by atoms with Crippen molar-refractivity contribution in [1.29, 1.82) is 0 Å². The van der Waals surface area contributed by atoms with Crippen molar-refractivity contribution < 1.29 is 9.53 Å². The fourth-order valence-electron chi connectivity index (χ4n) is 2.29. The van der Waals surface area contributed by atoms with E-state index in [9.17, 15) is 4.79 Å². The predicted octanol–water partition coefficient (Wildman–Crippen LogP) is 2.05. The maximum Gasteiger partial charge on any atom is 0.326 e. The van der Waals surface area contributed by atoms with Crippen molar-refractivity contribution in [1.82, 2.24) is 0 Å². The highest BCUT2D eigenvalue weighted by atomic mass is 16.5. The Morgan fingerprint density at radius 2 is 2.24 bits per heavy atom. The van der Waals surface area contributed by atoms with Gasteiger partial charge >= 0.3 is 5.97 Å². The zero-order valence-corrected chi connectivity index (χ0v) is 10.6. The summed E-state index contributed by atoms with van der Waals surface area (Å²) in [4.78, 5) is 11.8. The van der Waals surface area contributed by atoms with Crippen molar-refractivity contribution in [3.05, 3.63) is 34.9 Å². The molecule has 0 heterocycles. The van der Waals surface area contributed by atoms with Gasteiger partial charge in [0.05, 0.1) is 6.61 Å². The second kappa shape index (κ2) is 4.15. The summed E-state index contributed by atoms with van der Waals surface area (Å²) in [6, 6.07) is 6.27. The first-order valence-corrected chi connectivity index (χ1v) is 6.02. The summed E-state index contributed by atoms with van der Waals surface area (Å²) in [7, 11) is 0. The van der Waals surface area contributed by atoms with Crippen molar-refractivity contribution in [3.8, 4) is 0 Å². The lowest BCUT2D eigenvalue weighted by Crippen LogP contribution is -2.36. The van der Waals surface area contributed by atoms with E-state index in [1.54, 1.807) is 6.92 Å². The molecule has 3 heteroatoms. The molecule has 0 saturated heterocycles. The van der Waals surface area contributed by atoms with Crippen LogP contribution in [0.3, 0.4) is 0 Å². The summed E-state index contributed by atoms with van der Waals surface area (Å²) >= 11 is 0. The summed E-state index contributed by atoms with van der Waals surface area (Å²) in [5, 5.41) is 0. The maximum atomic E-state index is 11.8. The van der Waals surface area contributed by atoms with Crippen LogP contribution in [0.4, 0.5) is 0 Å². The minimum absolute atomic E-state index is 0.112. The van der Waals surface area contributed by atoms with Gasteiger partial charge in [-0.3, -0.25) is 4.79 Å². The van der Waals surface area contributed by atoms with Gasteiger partial charge in [-0.2, -0.15) is 0 Å². The van der Waals surface area contributed by atoms with Crippen LogP contribution in [0.1, 0.15) is 36.0 Å². The number of rotatable bonds is 3.